The van der Waals surface area contributed by atoms with Crippen molar-refractivity contribution in [2.45, 2.75) is 25.9 Å². The summed E-state index contributed by atoms with van der Waals surface area (Å²) >= 11 is 12.0. The molecule has 3 nitrogen and oxygen atoms in total. The van der Waals surface area contributed by atoms with Crippen molar-refractivity contribution in [1.82, 2.24) is 5.32 Å². The van der Waals surface area contributed by atoms with Crippen LogP contribution in [-0.4, -0.2) is 19.0 Å². The van der Waals surface area contributed by atoms with Gasteiger partial charge in [-0.25, -0.2) is 0 Å². The zero-order valence-corrected chi connectivity index (χ0v) is 15.1. The van der Waals surface area contributed by atoms with E-state index in [1.54, 1.807) is 12.1 Å². The van der Waals surface area contributed by atoms with Crippen LogP contribution in [0, 0.1) is 0 Å². The summed E-state index contributed by atoms with van der Waals surface area (Å²) in [4.78, 5) is 13.7. The fourth-order valence-electron chi connectivity index (χ4n) is 3.18. The van der Waals surface area contributed by atoms with Gasteiger partial charge in [0.1, 0.15) is 6.54 Å². The molecule has 2 N–H and O–H groups in total. The van der Waals surface area contributed by atoms with Crippen LogP contribution in [0.5, 0.6) is 0 Å². The van der Waals surface area contributed by atoms with Gasteiger partial charge in [-0.3, -0.25) is 4.79 Å². The second-order valence-corrected chi connectivity index (χ2v) is 7.15. The van der Waals surface area contributed by atoms with Gasteiger partial charge >= 0.3 is 0 Å². The molecule has 0 saturated heterocycles. The van der Waals surface area contributed by atoms with Crippen molar-refractivity contribution in [3.63, 3.8) is 0 Å². The van der Waals surface area contributed by atoms with Crippen LogP contribution < -0.4 is 10.2 Å². The van der Waals surface area contributed by atoms with Crippen molar-refractivity contribution < 1.29 is 9.69 Å². The number of hydrogen-bond donors (Lipinski definition) is 2. The topological polar surface area (TPSA) is 33.5 Å². The Hall–Kier alpha value is -1.55. The lowest BCUT2D eigenvalue weighted by atomic mass is 10.00. The molecule has 0 bridgehead atoms. The maximum Gasteiger partial charge on any atom is 0.275 e. The molecule has 3 rings (SSSR count). The van der Waals surface area contributed by atoms with Gasteiger partial charge in [-0.15, -0.1) is 0 Å². The van der Waals surface area contributed by atoms with Gasteiger partial charge in [0, 0.05) is 12.0 Å². The second kappa shape index (κ2) is 7.56. The third-order valence-electron chi connectivity index (χ3n) is 4.54. The number of carbonyl (C=O) groups excluding carboxylic acids is 1. The number of halogens is 2. The summed E-state index contributed by atoms with van der Waals surface area (Å²) < 4.78 is 0. The van der Waals surface area contributed by atoms with E-state index in [0.29, 0.717) is 16.6 Å². The van der Waals surface area contributed by atoms with Crippen LogP contribution in [-0.2, 0) is 17.8 Å². The minimum atomic E-state index is -0.0938. The lowest BCUT2D eigenvalue weighted by molar-refractivity contribution is -0.908. The molecular formula is C19H21Cl2N2O+. The van der Waals surface area contributed by atoms with Gasteiger partial charge in [-0.1, -0.05) is 53.5 Å². The van der Waals surface area contributed by atoms with Gasteiger partial charge in [0.25, 0.3) is 5.91 Å². The Balaban J connectivity index is 1.57. The minimum absolute atomic E-state index is 0.0583. The van der Waals surface area contributed by atoms with Gasteiger partial charge < -0.3 is 10.2 Å². The molecular weight excluding hydrogens is 343 g/mol. The Kier molecular flexibility index (Phi) is 5.44. The maximum absolute atomic E-state index is 12.4. The number of hydrogen-bond acceptors (Lipinski definition) is 1. The van der Waals surface area contributed by atoms with Gasteiger partial charge in [0.2, 0.25) is 0 Å². The first-order chi connectivity index (χ1) is 11.5. The van der Waals surface area contributed by atoms with Gasteiger partial charge in [0.15, 0.2) is 6.54 Å². The molecule has 1 heterocycles. The van der Waals surface area contributed by atoms with E-state index < -0.39 is 0 Å². The molecule has 2 atom stereocenters. The highest BCUT2D eigenvalue weighted by atomic mass is 35.5. The zero-order chi connectivity index (χ0) is 17.1. The van der Waals surface area contributed by atoms with Crippen molar-refractivity contribution in [2.75, 3.05) is 13.1 Å². The summed E-state index contributed by atoms with van der Waals surface area (Å²) in [6.07, 6.45) is 1.03. The molecule has 0 aromatic heterocycles. The fraction of sp³-hybridized carbons (Fsp3) is 0.316. The lowest BCUT2D eigenvalue weighted by Crippen LogP contribution is -3.12. The third kappa shape index (κ3) is 4.10. The van der Waals surface area contributed by atoms with Gasteiger partial charge in [-0.2, -0.15) is 0 Å². The average molecular weight is 364 g/mol. The van der Waals surface area contributed by atoms with E-state index in [0.717, 1.165) is 25.1 Å². The van der Waals surface area contributed by atoms with Crippen molar-refractivity contribution in [2.24, 2.45) is 0 Å². The van der Waals surface area contributed by atoms with E-state index in [2.05, 4.69) is 29.6 Å². The molecule has 2 aromatic carbocycles. The Morgan fingerprint density at radius 2 is 1.92 bits per heavy atom. The fourth-order valence-corrected chi connectivity index (χ4v) is 3.49. The molecule has 24 heavy (non-hydrogen) atoms. The smallest absolute Gasteiger partial charge is 0.275 e. The molecule has 126 valence electrons. The van der Waals surface area contributed by atoms with Crippen LogP contribution in [0.2, 0.25) is 10.0 Å². The number of nitrogens with one attached hydrogen (secondary N) is 2. The number of carbonyl (C=O) groups is 1. The van der Waals surface area contributed by atoms with Crippen LogP contribution in [0.15, 0.2) is 42.5 Å². The number of fused-ring (bicyclic) bond motifs is 1. The van der Waals surface area contributed by atoms with Crippen molar-refractivity contribution in [3.05, 3.63) is 69.2 Å². The summed E-state index contributed by atoms with van der Waals surface area (Å²) in [5, 5.41) is 4.08. The minimum Gasteiger partial charge on any atom is -0.345 e. The molecule has 0 fully saturated rings. The highest BCUT2D eigenvalue weighted by molar-refractivity contribution is 6.42. The molecule has 1 aliphatic heterocycles. The first-order valence-electron chi connectivity index (χ1n) is 8.17. The molecule has 1 amide bonds. The Bertz CT molecular complexity index is 748. The van der Waals surface area contributed by atoms with E-state index >= 15 is 0 Å². The second-order valence-electron chi connectivity index (χ2n) is 6.34. The van der Waals surface area contributed by atoms with E-state index in [1.165, 1.54) is 16.0 Å². The van der Waals surface area contributed by atoms with Gasteiger partial charge in [0.05, 0.1) is 22.6 Å². The number of rotatable bonds is 4. The van der Waals surface area contributed by atoms with E-state index in [1.807, 2.05) is 13.0 Å². The van der Waals surface area contributed by atoms with E-state index in [9.17, 15) is 4.79 Å². The number of benzene rings is 2. The standard InChI is InChI=1S/C19H20Cl2N2O/c1-13(15-6-7-17(20)18(21)10-15)22-19(24)12-23-9-8-14-4-2-3-5-16(14)11-23/h2-7,10,13H,8-9,11-12H2,1H3,(H,22,24)/p+1/t13-/m1/s1. The average Bonchev–Trinajstić information content (AvgIpc) is 2.57. The van der Waals surface area contributed by atoms with Crippen LogP contribution in [0.1, 0.15) is 29.7 Å². The van der Waals surface area contributed by atoms with Crippen LogP contribution in [0.4, 0.5) is 0 Å². The Labute approximate surface area is 152 Å². The highest BCUT2D eigenvalue weighted by Crippen LogP contribution is 2.25. The molecule has 5 heteroatoms. The number of amides is 1. The van der Waals surface area contributed by atoms with E-state index in [-0.39, 0.29) is 11.9 Å². The van der Waals surface area contributed by atoms with Crippen molar-refractivity contribution in [3.8, 4) is 0 Å². The summed E-state index contributed by atoms with van der Waals surface area (Å²) in [7, 11) is 0. The molecule has 1 aliphatic rings. The van der Waals surface area contributed by atoms with Gasteiger partial charge in [-0.05, 0) is 30.2 Å². The third-order valence-corrected chi connectivity index (χ3v) is 5.28. The summed E-state index contributed by atoms with van der Waals surface area (Å²) in [6, 6.07) is 13.8. The molecule has 0 radical (unpaired) electrons. The van der Waals surface area contributed by atoms with E-state index in [4.69, 9.17) is 23.2 Å². The maximum atomic E-state index is 12.4. The molecule has 2 aromatic rings. The lowest BCUT2D eigenvalue weighted by Gasteiger charge is -2.26. The molecule has 0 saturated carbocycles. The summed E-state index contributed by atoms with van der Waals surface area (Å²) in [6.45, 7) is 4.34. The van der Waals surface area contributed by atoms with Crippen LogP contribution in [0.3, 0.4) is 0 Å². The Morgan fingerprint density at radius 3 is 2.67 bits per heavy atom. The van der Waals surface area contributed by atoms with Crippen molar-refractivity contribution in [1.29, 1.82) is 0 Å². The largest absolute Gasteiger partial charge is 0.345 e. The van der Waals surface area contributed by atoms with Crippen molar-refractivity contribution >= 4 is 29.1 Å². The highest BCUT2D eigenvalue weighted by Gasteiger charge is 2.22. The normalized spacial score (nSPS) is 17.9. The molecule has 0 spiro atoms. The summed E-state index contributed by atoms with van der Waals surface area (Å²) in [5.74, 6) is 0.0583. The SMILES string of the molecule is C[C@@H](NC(=O)C[NH+]1CCc2ccccc2C1)c1ccc(Cl)c(Cl)c1. The Morgan fingerprint density at radius 1 is 1.17 bits per heavy atom. The quantitative estimate of drug-likeness (QED) is 0.860. The first kappa shape index (κ1) is 17.3. The molecule has 1 unspecified atom stereocenters. The first-order valence-corrected chi connectivity index (χ1v) is 8.93. The van der Waals surface area contributed by atoms with Crippen LogP contribution >= 0.6 is 23.2 Å². The summed E-state index contributed by atoms with van der Waals surface area (Å²) in [5.41, 5.74) is 3.71. The number of quaternary nitrogens is 1. The van der Waals surface area contributed by atoms with Crippen LogP contribution in [0.25, 0.3) is 0 Å². The predicted octanol–water partition coefficient (Wildman–Crippen LogP) is 2.81. The molecule has 0 aliphatic carbocycles. The monoisotopic (exact) mass is 363 g/mol. The predicted molar refractivity (Wildman–Crippen MR) is 97.6 cm³/mol. The zero-order valence-electron chi connectivity index (χ0n) is 13.6.